The highest BCUT2D eigenvalue weighted by Crippen LogP contribution is 2.62. The number of carbonyl (C=O) groups is 3. The summed E-state index contributed by atoms with van der Waals surface area (Å²) in [6.07, 6.45) is 1.12. The molecular formula is C29H24ClN3O4. The van der Waals surface area contributed by atoms with Crippen LogP contribution in [0.1, 0.15) is 37.3 Å². The van der Waals surface area contributed by atoms with Gasteiger partial charge < -0.3 is 10.1 Å². The fourth-order valence-electron chi connectivity index (χ4n) is 6.46. The van der Waals surface area contributed by atoms with Crippen LogP contribution in [0.2, 0.25) is 5.02 Å². The zero-order valence-electron chi connectivity index (χ0n) is 20.2. The summed E-state index contributed by atoms with van der Waals surface area (Å²) in [7, 11) is 0. The predicted octanol–water partition coefficient (Wildman–Crippen LogP) is 4.50. The molecule has 186 valence electrons. The summed E-state index contributed by atoms with van der Waals surface area (Å²) in [5.41, 5.74) is -0.00631. The van der Waals surface area contributed by atoms with Gasteiger partial charge in [0.2, 0.25) is 17.7 Å². The molecule has 3 heterocycles. The zero-order valence-corrected chi connectivity index (χ0v) is 20.9. The molecule has 0 radical (unpaired) electrons. The lowest BCUT2D eigenvalue weighted by atomic mass is 9.67. The number of benzene rings is 3. The maximum absolute atomic E-state index is 13.9. The molecular weight excluding hydrogens is 490 g/mol. The Bertz CT molecular complexity index is 1510. The monoisotopic (exact) mass is 513 g/mol. The Kier molecular flexibility index (Phi) is 5.37. The summed E-state index contributed by atoms with van der Waals surface area (Å²) in [5, 5.41) is 14.4. The number of anilines is 1. The van der Waals surface area contributed by atoms with Crippen LogP contribution in [-0.2, 0) is 25.7 Å². The molecule has 3 saturated heterocycles. The molecule has 7 nitrogen and oxygen atoms in total. The standard InChI is InChI=1S/C29H24ClN3O4/c1-28-12-13-29(37-28,14-23(34)32-16-17-6-9-19(30)10-7-17)25-24(28)26(35)33(27(25)36)22-11-8-18(15-31)20-4-2-3-5-21(20)22/h2-11,24-25H,12-14,16H2,1H3,(H,32,34)/t24-,25+,28?,29-/m0/s1. The topological polar surface area (TPSA) is 99.5 Å². The quantitative estimate of drug-likeness (QED) is 0.506. The van der Waals surface area contributed by atoms with Gasteiger partial charge in [0.05, 0.1) is 46.8 Å². The van der Waals surface area contributed by atoms with Crippen molar-refractivity contribution >= 4 is 45.8 Å². The van der Waals surface area contributed by atoms with E-state index in [1.165, 1.54) is 4.90 Å². The van der Waals surface area contributed by atoms with Crippen LogP contribution < -0.4 is 10.2 Å². The summed E-state index contributed by atoms with van der Waals surface area (Å²) in [5.74, 6) is -2.29. The number of ether oxygens (including phenoxy) is 1. The van der Waals surface area contributed by atoms with Gasteiger partial charge in [0.25, 0.3) is 0 Å². The van der Waals surface area contributed by atoms with Crippen molar-refractivity contribution in [1.29, 1.82) is 5.26 Å². The average Bonchev–Trinajstić information content (AvgIpc) is 3.47. The Morgan fingerprint density at radius 2 is 1.76 bits per heavy atom. The molecule has 3 aromatic carbocycles. The van der Waals surface area contributed by atoms with Gasteiger partial charge in [0.15, 0.2) is 0 Å². The van der Waals surface area contributed by atoms with Crippen molar-refractivity contribution in [1.82, 2.24) is 5.32 Å². The number of nitrogens with one attached hydrogen (secondary N) is 1. The van der Waals surface area contributed by atoms with Gasteiger partial charge in [0, 0.05) is 22.3 Å². The summed E-state index contributed by atoms with van der Waals surface area (Å²) in [6, 6.07) is 19.9. The number of rotatable bonds is 5. The van der Waals surface area contributed by atoms with Crippen molar-refractivity contribution in [2.45, 2.75) is 43.9 Å². The highest BCUT2D eigenvalue weighted by molar-refractivity contribution is 6.30. The Labute approximate surface area is 219 Å². The number of hydrogen-bond donors (Lipinski definition) is 1. The molecule has 1 N–H and O–H groups in total. The molecule has 3 aliphatic heterocycles. The van der Waals surface area contributed by atoms with E-state index in [2.05, 4.69) is 11.4 Å². The number of hydrogen-bond acceptors (Lipinski definition) is 5. The van der Waals surface area contributed by atoms with Crippen LogP contribution in [0.4, 0.5) is 5.69 Å². The predicted molar refractivity (Wildman–Crippen MR) is 138 cm³/mol. The average molecular weight is 514 g/mol. The highest BCUT2D eigenvalue weighted by Gasteiger charge is 2.74. The van der Waals surface area contributed by atoms with E-state index in [4.69, 9.17) is 16.3 Å². The molecule has 4 atom stereocenters. The van der Waals surface area contributed by atoms with Crippen LogP contribution in [0.25, 0.3) is 10.8 Å². The number of imide groups is 1. The number of nitriles is 1. The molecule has 6 rings (SSSR count). The van der Waals surface area contributed by atoms with Gasteiger partial charge >= 0.3 is 0 Å². The second-order valence-electron chi connectivity index (χ2n) is 10.3. The van der Waals surface area contributed by atoms with E-state index in [9.17, 15) is 19.6 Å². The minimum atomic E-state index is -1.03. The molecule has 1 unspecified atom stereocenters. The summed E-state index contributed by atoms with van der Waals surface area (Å²) >= 11 is 5.94. The number of amides is 3. The molecule has 37 heavy (non-hydrogen) atoms. The van der Waals surface area contributed by atoms with Crippen LogP contribution in [0.3, 0.4) is 0 Å². The third kappa shape index (κ3) is 3.55. The Balaban J connectivity index is 1.31. The van der Waals surface area contributed by atoms with E-state index >= 15 is 0 Å². The van der Waals surface area contributed by atoms with E-state index in [1.54, 1.807) is 24.3 Å². The van der Waals surface area contributed by atoms with Gasteiger partial charge in [-0.1, -0.05) is 48.0 Å². The SMILES string of the molecule is CC12CC[C@@](CC(=O)NCc3ccc(Cl)cc3)(O1)[C@H]1C(=O)N(c3ccc(C#N)c4ccccc34)C(=O)[C@H]12. The molecule has 0 aliphatic carbocycles. The number of fused-ring (bicyclic) bond motifs is 6. The van der Waals surface area contributed by atoms with Gasteiger partial charge in [-0.2, -0.15) is 5.26 Å². The second-order valence-corrected chi connectivity index (χ2v) is 10.8. The highest BCUT2D eigenvalue weighted by atomic mass is 35.5. The maximum atomic E-state index is 13.9. The largest absolute Gasteiger partial charge is 0.367 e. The lowest BCUT2D eigenvalue weighted by Gasteiger charge is -2.30. The van der Waals surface area contributed by atoms with Crippen LogP contribution in [0.15, 0.2) is 60.7 Å². The molecule has 0 saturated carbocycles. The van der Waals surface area contributed by atoms with Crippen molar-refractivity contribution < 1.29 is 19.1 Å². The first-order valence-corrected chi connectivity index (χ1v) is 12.7. The lowest BCUT2D eigenvalue weighted by Crippen LogP contribution is -2.45. The summed E-state index contributed by atoms with van der Waals surface area (Å²) in [4.78, 5) is 42.0. The van der Waals surface area contributed by atoms with Gasteiger partial charge in [-0.15, -0.1) is 0 Å². The Hall–Kier alpha value is -3.73. The van der Waals surface area contributed by atoms with E-state index in [1.807, 2.05) is 43.3 Å². The third-order valence-electron chi connectivity index (χ3n) is 8.14. The van der Waals surface area contributed by atoms with E-state index in [0.29, 0.717) is 46.4 Å². The van der Waals surface area contributed by atoms with Crippen LogP contribution in [0, 0.1) is 23.2 Å². The van der Waals surface area contributed by atoms with E-state index in [0.717, 1.165) is 5.56 Å². The van der Waals surface area contributed by atoms with Crippen molar-refractivity contribution in [2.75, 3.05) is 4.90 Å². The van der Waals surface area contributed by atoms with E-state index in [-0.39, 0.29) is 24.1 Å². The molecule has 3 aliphatic rings. The van der Waals surface area contributed by atoms with Crippen molar-refractivity contribution in [3.63, 3.8) is 0 Å². The minimum absolute atomic E-state index is 0.00166. The number of carbonyl (C=O) groups excluding carboxylic acids is 3. The van der Waals surface area contributed by atoms with Crippen molar-refractivity contribution in [2.24, 2.45) is 11.8 Å². The minimum Gasteiger partial charge on any atom is -0.367 e. The Morgan fingerprint density at radius 3 is 2.49 bits per heavy atom. The number of nitrogens with zero attached hydrogens (tertiary/aromatic N) is 2. The van der Waals surface area contributed by atoms with Gasteiger partial charge in [-0.25, -0.2) is 4.90 Å². The van der Waals surface area contributed by atoms with E-state index < -0.39 is 23.0 Å². The van der Waals surface area contributed by atoms with Gasteiger partial charge in [-0.3, -0.25) is 14.4 Å². The maximum Gasteiger partial charge on any atom is 0.240 e. The lowest BCUT2D eigenvalue weighted by molar-refractivity contribution is -0.135. The first-order chi connectivity index (χ1) is 17.8. The first-order valence-electron chi connectivity index (χ1n) is 12.3. The molecule has 8 heteroatoms. The third-order valence-corrected chi connectivity index (χ3v) is 8.39. The zero-order chi connectivity index (χ0) is 25.9. The van der Waals surface area contributed by atoms with Gasteiger partial charge in [-0.05, 0) is 49.6 Å². The van der Waals surface area contributed by atoms with Crippen LogP contribution in [-0.4, -0.2) is 28.9 Å². The molecule has 3 amide bonds. The molecule has 0 aromatic heterocycles. The number of halogens is 1. The molecule has 3 fully saturated rings. The first kappa shape index (κ1) is 23.7. The normalized spacial score (nSPS) is 28.0. The second kappa shape index (κ2) is 8.41. The summed E-state index contributed by atoms with van der Waals surface area (Å²) in [6.45, 7) is 2.20. The van der Waals surface area contributed by atoms with Gasteiger partial charge in [0.1, 0.15) is 0 Å². The van der Waals surface area contributed by atoms with Crippen molar-refractivity contribution in [3.05, 3.63) is 76.8 Å². The Morgan fingerprint density at radius 1 is 1.05 bits per heavy atom. The van der Waals surface area contributed by atoms with Crippen LogP contribution in [0.5, 0.6) is 0 Å². The van der Waals surface area contributed by atoms with Crippen molar-refractivity contribution in [3.8, 4) is 6.07 Å². The smallest absolute Gasteiger partial charge is 0.240 e. The summed E-state index contributed by atoms with van der Waals surface area (Å²) < 4.78 is 6.41. The molecule has 2 bridgehead atoms. The fourth-order valence-corrected chi connectivity index (χ4v) is 6.59. The molecule has 3 aromatic rings. The van der Waals surface area contributed by atoms with Crippen LogP contribution >= 0.6 is 11.6 Å². The molecule has 0 spiro atoms. The fraction of sp³-hybridized carbons (Fsp3) is 0.310.